The first-order valence-electron chi connectivity index (χ1n) is 14.6. The molecule has 0 fully saturated rings. The van der Waals surface area contributed by atoms with E-state index in [1.165, 1.54) is 22.0 Å². The number of hydrogen-bond donors (Lipinski definition) is 0. The smallest absolute Gasteiger partial charge is 0.216 e. The molecule has 3 nitrogen and oxygen atoms in total. The molecule has 0 saturated heterocycles. The molecule has 3 heteroatoms. The first-order valence-corrected chi connectivity index (χ1v) is 14.6. The molecule has 204 valence electrons. The lowest BCUT2D eigenvalue weighted by Gasteiger charge is -2.10. The highest BCUT2D eigenvalue weighted by Gasteiger charge is 2.22. The maximum Gasteiger partial charge on any atom is 0.216 e. The Labute approximate surface area is 250 Å². The molecule has 43 heavy (non-hydrogen) atoms. The monoisotopic (exact) mass is 553 g/mol. The van der Waals surface area contributed by atoms with Crippen molar-refractivity contribution in [3.05, 3.63) is 145 Å². The lowest BCUT2D eigenvalue weighted by atomic mass is 9.98. The molecule has 0 saturated carbocycles. The fraction of sp³-hybridized carbons (Fsp3) is 0.0500. The number of hydrogen-bond acceptors (Lipinski definition) is 2. The average Bonchev–Trinajstić information content (AvgIpc) is 3.44. The van der Waals surface area contributed by atoms with E-state index in [9.17, 15) is 0 Å². The molecule has 0 bridgehead atoms. The van der Waals surface area contributed by atoms with E-state index in [2.05, 4.69) is 152 Å². The minimum absolute atomic E-state index is 0.872. The normalized spacial score (nSPS) is 11.5. The van der Waals surface area contributed by atoms with E-state index in [1.807, 2.05) is 6.07 Å². The summed E-state index contributed by atoms with van der Waals surface area (Å²) in [7, 11) is 2.13. The quantitative estimate of drug-likeness (QED) is 0.203. The molecule has 8 aromatic rings. The van der Waals surface area contributed by atoms with Crippen LogP contribution in [0.3, 0.4) is 0 Å². The zero-order valence-electron chi connectivity index (χ0n) is 24.1. The van der Waals surface area contributed by atoms with Crippen LogP contribution in [0.15, 0.2) is 144 Å². The van der Waals surface area contributed by atoms with E-state index < -0.39 is 0 Å². The first-order chi connectivity index (χ1) is 21.1. The van der Waals surface area contributed by atoms with Crippen LogP contribution in [0.25, 0.3) is 77.7 Å². The number of fused-ring (bicyclic) bond motifs is 4. The number of benzene rings is 5. The fourth-order valence-corrected chi connectivity index (χ4v) is 6.24. The summed E-state index contributed by atoms with van der Waals surface area (Å²) in [6.45, 7) is 2.16. The first kappa shape index (κ1) is 25.2. The van der Waals surface area contributed by atoms with Gasteiger partial charge in [0.25, 0.3) is 0 Å². The number of furan rings is 1. The van der Waals surface area contributed by atoms with Gasteiger partial charge in [0.05, 0.1) is 17.0 Å². The van der Waals surface area contributed by atoms with Crippen LogP contribution < -0.4 is 4.57 Å². The van der Waals surface area contributed by atoms with E-state index in [0.29, 0.717) is 0 Å². The van der Waals surface area contributed by atoms with Crippen molar-refractivity contribution >= 4 is 32.8 Å². The van der Waals surface area contributed by atoms with Crippen molar-refractivity contribution in [3.63, 3.8) is 0 Å². The second-order valence-electron chi connectivity index (χ2n) is 11.1. The second kappa shape index (κ2) is 10.1. The summed E-state index contributed by atoms with van der Waals surface area (Å²) >= 11 is 0. The largest absolute Gasteiger partial charge is 0.455 e. The van der Waals surface area contributed by atoms with Crippen molar-refractivity contribution in [2.24, 2.45) is 7.05 Å². The van der Waals surface area contributed by atoms with Gasteiger partial charge in [-0.05, 0) is 66.1 Å². The Morgan fingerprint density at radius 1 is 0.558 bits per heavy atom. The number of aryl methyl sites for hydroxylation is 2. The third kappa shape index (κ3) is 4.29. The SMILES string of the molecule is Cc1ccc2c(oc3ccc(-c4cc(-c5ccccc5)cc(-c5ccccc5)n4)cc32)c1-c1ccc2ccccc2[n+]1C. The zero-order chi connectivity index (χ0) is 28.9. The predicted octanol–water partition coefficient (Wildman–Crippen LogP) is 9.94. The van der Waals surface area contributed by atoms with Gasteiger partial charge in [0.1, 0.15) is 18.2 Å². The van der Waals surface area contributed by atoms with Gasteiger partial charge in [-0.15, -0.1) is 0 Å². The summed E-state index contributed by atoms with van der Waals surface area (Å²) in [5.41, 5.74) is 12.8. The van der Waals surface area contributed by atoms with Crippen molar-refractivity contribution in [2.75, 3.05) is 0 Å². The fourth-order valence-electron chi connectivity index (χ4n) is 6.24. The zero-order valence-corrected chi connectivity index (χ0v) is 24.1. The third-order valence-corrected chi connectivity index (χ3v) is 8.48. The van der Waals surface area contributed by atoms with E-state index in [1.54, 1.807) is 0 Å². The van der Waals surface area contributed by atoms with Gasteiger partial charge in [-0.25, -0.2) is 4.98 Å². The van der Waals surface area contributed by atoms with Crippen molar-refractivity contribution < 1.29 is 8.98 Å². The molecule has 0 N–H and O–H groups in total. The van der Waals surface area contributed by atoms with Crippen molar-refractivity contribution in [3.8, 4) is 44.9 Å². The summed E-state index contributed by atoms with van der Waals surface area (Å²) in [5, 5.41) is 3.41. The van der Waals surface area contributed by atoms with Crippen LogP contribution in [0.5, 0.6) is 0 Å². The predicted molar refractivity (Wildman–Crippen MR) is 177 cm³/mol. The Morgan fingerprint density at radius 3 is 2.05 bits per heavy atom. The molecule has 0 amide bonds. The number of nitrogens with zero attached hydrogens (tertiary/aromatic N) is 2. The maximum absolute atomic E-state index is 6.63. The third-order valence-electron chi connectivity index (χ3n) is 8.48. The number of rotatable bonds is 4. The molecule has 0 radical (unpaired) electrons. The highest BCUT2D eigenvalue weighted by atomic mass is 16.3. The van der Waals surface area contributed by atoms with Crippen molar-refractivity contribution in [1.82, 2.24) is 4.98 Å². The van der Waals surface area contributed by atoms with Crippen molar-refractivity contribution in [1.29, 1.82) is 0 Å². The lowest BCUT2D eigenvalue weighted by Crippen LogP contribution is -2.32. The molecular formula is C40H29N2O+. The average molecular weight is 554 g/mol. The van der Waals surface area contributed by atoms with E-state index in [-0.39, 0.29) is 0 Å². The van der Waals surface area contributed by atoms with E-state index in [4.69, 9.17) is 9.40 Å². The van der Waals surface area contributed by atoms with Crippen LogP contribution in [-0.2, 0) is 7.05 Å². The number of para-hydroxylation sites is 1. The summed E-state index contributed by atoms with van der Waals surface area (Å²) in [6.07, 6.45) is 0. The molecule has 0 unspecified atom stereocenters. The Bertz CT molecular complexity index is 2240. The lowest BCUT2D eigenvalue weighted by molar-refractivity contribution is -0.633. The molecule has 0 aliphatic heterocycles. The van der Waals surface area contributed by atoms with Crippen LogP contribution in [0, 0.1) is 6.92 Å². The standard InChI is InChI=1S/C40H29N2O/c1-26-17-20-32-33-23-30(35-25-31(27-11-5-3-6-12-27)24-34(41-35)28-13-7-4-8-14-28)19-22-38(33)43-40(32)39(26)37-21-18-29-15-9-10-16-36(29)42(37)2/h3-25H,1-2H3/q+1. The van der Waals surface area contributed by atoms with Gasteiger partial charge in [0, 0.05) is 39.4 Å². The highest BCUT2D eigenvalue weighted by Crippen LogP contribution is 2.39. The molecule has 0 atom stereocenters. The Morgan fingerprint density at radius 2 is 1.26 bits per heavy atom. The molecule has 3 aromatic heterocycles. The van der Waals surface area contributed by atoms with Gasteiger partial charge in [-0.3, -0.25) is 0 Å². The van der Waals surface area contributed by atoms with Gasteiger partial charge in [0.2, 0.25) is 11.2 Å². The highest BCUT2D eigenvalue weighted by molar-refractivity contribution is 6.10. The van der Waals surface area contributed by atoms with E-state index in [0.717, 1.165) is 61.3 Å². The Balaban J connectivity index is 1.32. The van der Waals surface area contributed by atoms with Crippen LogP contribution in [0.4, 0.5) is 0 Å². The summed E-state index contributed by atoms with van der Waals surface area (Å²) in [6, 6.07) is 49.0. The minimum Gasteiger partial charge on any atom is -0.455 e. The molecular weight excluding hydrogens is 524 g/mol. The summed E-state index contributed by atoms with van der Waals surface area (Å²) < 4.78 is 8.89. The Kier molecular flexibility index (Phi) is 5.90. The van der Waals surface area contributed by atoms with Crippen molar-refractivity contribution in [2.45, 2.75) is 6.92 Å². The van der Waals surface area contributed by atoms with Crippen LogP contribution >= 0.6 is 0 Å². The van der Waals surface area contributed by atoms with Crippen LogP contribution in [0.2, 0.25) is 0 Å². The van der Waals surface area contributed by atoms with Gasteiger partial charge >= 0.3 is 0 Å². The summed E-state index contributed by atoms with van der Waals surface area (Å²) in [5.74, 6) is 0. The molecule has 0 aliphatic carbocycles. The van der Waals surface area contributed by atoms with Gasteiger partial charge in [0.15, 0.2) is 0 Å². The van der Waals surface area contributed by atoms with Gasteiger partial charge < -0.3 is 4.42 Å². The van der Waals surface area contributed by atoms with Crippen LogP contribution in [-0.4, -0.2) is 4.98 Å². The molecule has 0 aliphatic rings. The number of aromatic nitrogens is 2. The maximum atomic E-state index is 6.63. The van der Waals surface area contributed by atoms with Gasteiger partial charge in [-0.2, -0.15) is 4.57 Å². The molecule has 5 aromatic carbocycles. The summed E-state index contributed by atoms with van der Waals surface area (Å²) in [4.78, 5) is 5.16. The molecule has 8 rings (SSSR count). The Hall–Kier alpha value is -5.54. The number of pyridine rings is 2. The van der Waals surface area contributed by atoms with Crippen LogP contribution in [0.1, 0.15) is 5.56 Å². The van der Waals surface area contributed by atoms with Gasteiger partial charge in [-0.1, -0.05) is 84.9 Å². The second-order valence-corrected chi connectivity index (χ2v) is 11.1. The van der Waals surface area contributed by atoms with E-state index >= 15 is 0 Å². The molecule has 0 spiro atoms. The topological polar surface area (TPSA) is 29.9 Å². The minimum atomic E-state index is 0.872. The molecule has 3 heterocycles.